The van der Waals surface area contributed by atoms with Crippen LogP contribution in [0.25, 0.3) is 22.2 Å². The van der Waals surface area contributed by atoms with Gasteiger partial charge >= 0.3 is 0 Å². The molecule has 0 aliphatic heterocycles. The monoisotopic (exact) mass is 405 g/mol. The van der Waals surface area contributed by atoms with Crippen LogP contribution >= 0.6 is 11.8 Å². The fourth-order valence-corrected chi connectivity index (χ4v) is 3.60. The zero-order valence-electron chi connectivity index (χ0n) is 15.8. The van der Waals surface area contributed by atoms with Crippen LogP contribution in [0.4, 0.5) is 5.69 Å². The molecule has 4 aromatic rings. The first kappa shape index (κ1) is 19.0. The van der Waals surface area contributed by atoms with Gasteiger partial charge in [0.05, 0.1) is 12.8 Å². The number of aromatic nitrogens is 2. The van der Waals surface area contributed by atoms with Crippen LogP contribution in [0.3, 0.4) is 0 Å². The minimum Gasteiger partial charge on any atom is -0.495 e. The molecule has 1 heterocycles. The highest BCUT2D eigenvalue weighted by Crippen LogP contribution is 2.27. The quantitative estimate of drug-likeness (QED) is 0.435. The Morgan fingerprint density at radius 3 is 2.69 bits per heavy atom. The van der Waals surface area contributed by atoms with Crippen molar-refractivity contribution < 1.29 is 13.9 Å². The molecule has 0 radical (unpaired) electrons. The Bertz CT molecular complexity index is 1140. The number of rotatable bonds is 7. The molecule has 0 fully saturated rings. The van der Waals surface area contributed by atoms with Crippen LogP contribution in [0, 0.1) is 0 Å². The molecule has 0 saturated carbocycles. The standard InChI is InChI=1S/C22H19N3O3S/c1-27-19-9-5-4-8-18(19)23-20(26)12-13-29-22-25-24-21(28-22)17-11-10-15-6-2-3-7-16(15)14-17/h2-11,14H,12-13H2,1H3,(H,23,26). The number of anilines is 1. The number of nitrogens with one attached hydrogen (secondary N) is 1. The van der Waals surface area contributed by atoms with E-state index in [2.05, 4.69) is 21.6 Å². The Labute approximate surface area is 172 Å². The van der Waals surface area contributed by atoms with E-state index in [1.165, 1.54) is 11.8 Å². The van der Waals surface area contributed by atoms with Gasteiger partial charge < -0.3 is 14.5 Å². The summed E-state index contributed by atoms with van der Waals surface area (Å²) in [6.45, 7) is 0. The Morgan fingerprint density at radius 2 is 1.83 bits per heavy atom. The van der Waals surface area contributed by atoms with Gasteiger partial charge in [-0.15, -0.1) is 10.2 Å². The predicted octanol–water partition coefficient (Wildman–Crippen LogP) is 5.02. The summed E-state index contributed by atoms with van der Waals surface area (Å²) in [6.07, 6.45) is 0.316. The molecule has 146 valence electrons. The van der Waals surface area contributed by atoms with E-state index in [0.717, 1.165) is 16.3 Å². The lowest BCUT2D eigenvalue weighted by Crippen LogP contribution is -2.12. The van der Waals surface area contributed by atoms with Gasteiger partial charge in [0.25, 0.3) is 5.22 Å². The zero-order chi connectivity index (χ0) is 20.1. The number of carbonyl (C=O) groups excluding carboxylic acids is 1. The number of thioether (sulfide) groups is 1. The normalized spacial score (nSPS) is 10.8. The smallest absolute Gasteiger partial charge is 0.276 e. The van der Waals surface area contributed by atoms with Crippen LogP contribution in [0.5, 0.6) is 5.75 Å². The van der Waals surface area contributed by atoms with Crippen molar-refractivity contribution in [1.29, 1.82) is 0 Å². The molecule has 4 rings (SSSR count). The topological polar surface area (TPSA) is 77.2 Å². The summed E-state index contributed by atoms with van der Waals surface area (Å²) in [4.78, 5) is 12.2. The lowest BCUT2D eigenvalue weighted by Gasteiger charge is -2.09. The van der Waals surface area contributed by atoms with E-state index >= 15 is 0 Å². The van der Waals surface area contributed by atoms with Crippen LogP contribution in [-0.2, 0) is 4.79 Å². The molecule has 0 bridgehead atoms. The van der Waals surface area contributed by atoms with Crippen molar-refractivity contribution >= 4 is 34.1 Å². The summed E-state index contributed by atoms with van der Waals surface area (Å²) in [6, 6.07) is 21.4. The third-order valence-electron chi connectivity index (χ3n) is 4.34. The highest BCUT2D eigenvalue weighted by Gasteiger charge is 2.11. The van der Waals surface area contributed by atoms with Crippen LogP contribution in [0.1, 0.15) is 6.42 Å². The second-order valence-electron chi connectivity index (χ2n) is 6.28. The average molecular weight is 405 g/mol. The van der Waals surface area contributed by atoms with E-state index in [-0.39, 0.29) is 5.91 Å². The highest BCUT2D eigenvalue weighted by atomic mass is 32.2. The number of hydrogen-bond acceptors (Lipinski definition) is 6. The largest absolute Gasteiger partial charge is 0.495 e. The number of methoxy groups -OCH3 is 1. The Hall–Kier alpha value is -3.32. The molecular formula is C22H19N3O3S. The van der Waals surface area contributed by atoms with E-state index in [4.69, 9.17) is 9.15 Å². The van der Waals surface area contributed by atoms with Crippen LogP contribution in [0.2, 0.25) is 0 Å². The van der Waals surface area contributed by atoms with Gasteiger partial charge in [-0.2, -0.15) is 0 Å². The van der Waals surface area contributed by atoms with Crippen molar-refractivity contribution in [2.24, 2.45) is 0 Å². The third kappa shape index (κ3) is 4.57. The zero-order valence-corrected chi connectivity index (χ0v) is 16.6. The van der Waals surface area contributed by atoms with Crippen molar-refractivity contribution in [2.75, 3.05) is 18.2 Å². The number of para-hydroxylation sites is 2. The van der Waals surface area contributed by atoms with Crippen molar-refractivity contribution in [3.8, 4) is 17.2 Å². The summed E-state index contributed by atoms with van der Waals surface area (Å²) < 4.78 is 11.0. The molecule has 1 N–H and O–H groups in total. The second-order valence-corrected chi connectivity index (χ2v) is 7.33. The van der Waals surface area contributed by atoms with E-state index < -0.39 is 0 Å². The second kappa shape index (κ2) is 8.79. The van der Waals surface area contributed by atoms with E-state index in [9.17, 15) is 4.79 Å². The van der Waals surface area contributed by atoms with Crippen molar-refractivity contribution in [3.63, 3.8) is 0 Å². The lowest BCUT2D eigenvalue weighted by molar-refractivity contribution is -0.115. The van der Waals surface area contributed by atoms with Crippen LogP contribution < -0.4 is 10.1 Å². The average Bonchev–Trinajstić information content (AvgIpc) is 3.23. The number of amides is 1. The molecule has 7 heteroatoms. The molecule has 0 aliphatic rings. The first-order valence-electron chi connectivity index (χ1n) is 9.11. The number of carbonyl (C=O) groups is 1. The summed E-state index contributed by atoms with van der Waals surface area (Å²) in [7, 11) is 1.57. The molecule has 0 atom stereocenters. The SMILES string of the molecule is COc1ccccc1NC(=O)CCSc1nnc(-c2ccc3ccccc3c2)o1. The maximum atomic E-state index is 12.2. The van der Waals surface area contributed by atoms with Crippen LogP contribution in [-0.4, -0.2) is 29.0 Å². The maximum absolute atomic E-state index is 12.2. The summed E-state index contributed by atoms with van der Waals surface area (Å²) in [5, 5.41) is 13.8. The first-order valence-corrected chi connectivity index (χ1v) is 10.1. The molecule has 1 amide bonds. The number of ether oxygens (including phenoxy) is 1. The van der Waals surface area contributed by atoms with E-state index in [1.807, 2.05) is 48.5 Å². The highest BCUT2D eigenvalue weighted by molar-refractivity contribution is 7.99. The lowest BCUT2D eigenvalue weighted by atomic mass is 10.1. The Morgan fingerprint density at radius 1 is 1.03 bits per heavy atom. The molecule has 6 nitrogen and oxygen atoms in total. The molecule has 0 saturated heterocycles. The third-order valence-corrected chi connectivity index (χ3v) is 5.16. The molecule has 0 unspecified atom stereocenters. The van der Waals surface area contributed by atoms with Gasteiger partial charge in [0.2, 0.25) is 11.8 Å². The molecular weight excluding hydrogens is 386 g/mol. The summed E-state index contributed by atoms with van der Waals surface area (Å²) >= 11 is 1.36. The van der Waals surface area contributed by atoms with E-state index in [0.29, 0.717) is 34.7 Å². The Balaban J connectivity index is 1.34. The minimum atomic E-state index is -0.101. The van der Waals surface area contributed by atoms with Crippen molar-refractivity contribution in [3.05, 3.63) is 66.7 Å². The van der Waals surface area contributed by atoms with Crippen molar-refractivity contribution in [1.82, 2.24) is 10.2 Å². The molecule has 0 aliphatic carbocycles. The number of nitrogens with zero attached hydrogens (tertiary/aromatic N) is 2. The molecule has 29 heavy (non-hydrogen) atoms. The van der Waals surface area contributed by atoms with Gasteiger partial charge in [0.15, 0.2) is 0 Å². The van der Waals surface area contributed by atoms with Gasteiger partial charge in [-0.1, -0.05) is 54.2 Å². The summed E-state index contributed by atoms with van der Waals surface area (Å²) in [5.74, 6) is 1.53. The number of benzene rings is 3. The molecule has 3 aromatic carbocycles. The van der Waals surface area contributed by atoms with Crippen molar-refractivity contribution in [2.45, 2.75) is 11.6 Å². The number of hydrogen-bond donors (Lipinski definition) is 1. The number of fused-ring (bicyclic) bond motifs is 1. The van der Waals surface area contributed by atoms with Gasteiger partial charge in [0.1, 0.15) is 5.75 Å². The molecule has 0 spiro atoms. The minimum absolute atomic E-state index is 0.101. The van der Waals surface area contributed by atoms with Crippen LogP contribution in [0.15, 0.2) is 76.4 Å². The van der Waals surface area contributed by atoms with Gasteiger partial charge in [-0.25, -0.2) is 0 Å². The van der Waals surface area contributed by atoms with Gasteiger partial charge in [-0.3, -0.25) is 4.79 Å². The molecule has 1 aromatic heterocycles. The Kier molecular flexibility index (Phi) is 5.76. The fourth-order valence-electron chi connectivity index (χ4n) is 2.90. The fraction of sp³-hybridized carbons (Fsp3) is 0.136. The van der Waals surface area contributed by atoms with Gasteiger partial charge in [0, 0.05) is 17.7 Å². The predicted molar refractivity (Wildman–Crippen MR) is 114 cm³/mol. The van der Waals surface area contributed by atoms with Gasteiger partial charge in [-0.05, 0) is 35.0 Å². The summed E-state index contributed by atoms with van der Waals surface area (Å²) in [5.41, 5.74) is 1.53. The first-order chi connectivity index (χ1) is 14.2. The maximum Gasteiger partial charge on any atom is 0.276 e. The van der Waals surface area contributed by atoms with E-state index in [1.54, 1.807) is 19.2 Å².